The van der Waals surface area contributed by atoms with Gasteiger partial charge in [0.2, 0.25) is 5.95 Å². The van der Waals surface area contributed by atoms with Gasteiger partial charge in [-0.15, -0.1) is 0 Å². The van der Waals surface area contributed by atoms with Crippen LogP contribution in [0.5, 0.6) is 0 Å². The minimum Gasteiger partial charge on any atom is -0.368 e. The normalized spacial score (nSPS) is 21.7. The molecule has 0 saturated carbocycles. The van der Waals surface area contributed by atoms with Gasteiger partial charge in [-0.05, 0) is 34.7 Å². The predicted octanol–water partition coefficient (Wildman–Crippen LogP) is 2.06. The molecule has 1 aromatic heterocycles. The molecule has 0 amide bonds. The highest BCUT2D eigenvalue weighted by Crippen LogP contribution is 2.27. The zero-order valence-electron chi connectivity index (χ0n) is 8.78. The summed E-state index contributed by atoms with van der Waals surface area (Å²) < 4.78 is 0.922. The van der Waals surface area contributed by atoms with Gasteiger partial charge in [-0.1, -0.05) is 6.92 Å². The number of hydrogen-bond acceptors (Lipinski definition) is 4. The van der Waals surface area contributed by atoms with E-state index in [1.165, 1.54) is 12.8 Å². The second-order valence-electron chi connectivity index (χ2n) is 4.09. The molecule has 1 atom stereocenters. The average molecular weight is 271 g/mol. The Labute approximate surface area is 98.0 Å². The number of anilines is 2. The van der Waals surface area contributed by atoms with Crippen LogP contribution < -0.4 is 10.6 Å². The Morgan fingerprint density at radius 3 is 3.13 bits per heavy atom. The SMILES string of the molecule is CC1CCCN(c2nc(N)ncc2Br)C1. The van der Waals surface area contributed by atoms with E-state index in [0.29, 0.717) is 5.95 Å². The number of nitrogens with two attached hydrogens (primary N) is 1. The van der Waals surface area contributed by atoms with Gasteiger partial charge in [0, 0.05) is 19.3 Å². The maximum absolute atomic E-state index is 5.60. The highest BCUT2D eigenvalue weighted by atomic mass is 79.9. The second-order valence-corrected chi connectivity index (χ2v) is 4.95. The monoisotopic (exact) mass is 270 g/mol. The smallest absolute Gasteiger partial charge is 0.222 e. The fourth-order valence-electron chi connectivity index (χ4n) is 1.97. The van der Waals surface area contributed by atoms with E-state index >= 15 is 0 Å². The van der Waals surface area contributed by atoms with Crippen LogP contribution in [0.3, 0.4) is 0 Å². The van der Waals surface area contributed by atoms with E-state index in [-0.39, 0.29) is 0 Å². The van der Waals surface area contributed by atoms with E-state index in [1.807, 2.05) is 0 Å². The molecule has 0 radical (unpaired) electrons. The molecule has 1 fully saturated rings. The molecular formula is C10H15BrN4. The second kappa shape index (κ2) is 4.35. The Hall–Kier alpha value is -0.840. The van der Waals surface area contributed by atoms with Crippen LogP contribution in [0.15, 0.2) is 10.7 Å². The molecule has 1 aromatic rings. The van der Waals surface area contributed by atoms with Crippen LogP contribution in [0, 0.1) is 5.92 Å². The Morgan fingerprint density at radius 2 is 2.40 bits per heavy atom. The van der Waals surface area contributed by atoms with Gasteiger partial charge in [-0.25, -0.2) is 4.98 Å². The van der Waals surface area contributed by atoms with Gasteiger partial charge in [-0.3, -0.25) is 0 Å². The summed E-state index contributed by atoms with van der Waals surface area (Å²) in [4.78, 5) is 10.5. The third-order valence-corrected chi connectivity index (χ3v) is 3.26. The zero-order valence-corrected chi connectivity index (χ0v) is 10.4. The fourth-order valence-corrected chi connectivity index (χ4v) is 2.42. The molecule has 0 spiro atoms. The summed E-state index contributed by atoms with van der Waals surface area (Å²) in [5.74, 6) is 1.99. The standard InChI is InChI=1S/C10H15BrN4/c1-7-3-2-4-15(6-7)9-8(11)5-13-10(12)14-9/h5,7H,2-4,6H2,1H3,(H2,12,13,14). The first-order chi connectivity index (χ1) is 7.16. The molecular weight excluding hydrogens is 256 g/mol. The first-order valence-corrected chi connectivity index (χ1v) is 5.99. The maximum Gasteiger partial charge on any atom is 0.222 e. The summed E-state index contributed by atoms with van der Waals surface area (Å²) in [5, 5.41) is 0. The van der Waals surface area contributed by atoms with E-state index in [4.69, 9.17) is 5.73 Å². The molecule has 0 aliphatic carbocycles. The van der Waals surface area contributed by atoms with Crippen molar-refractivity contribution in [3.8, 4) is 0 Å². The van der Waals surface area contributed by atoms with Gasteiger partial charge in [0.25, 0.3) is 0 Å². The van der Waals surface area contributed by atoms with Crippen LogP contribution in [-0.2, 0) is 0 Å². The number of rotatable bonds is 1. The summed E-state index contributed by atoms with van der Waals surface area (Å²) in [5.41, 5.74) is 5.60. The van der Waals surface area contributed by atoms with E-state index in [2.05, 4.69) is 37.7 Å². The van der Waals surface area contributed by atoms with Crippen LogP contribution in [0.2, 0.25) is 0 Å². The highest BCUT2D eigenvalue weighted by Gasteiger charge is 2.19. The summed E-state index contributed by atoms with van der Waals surface area (Å²) in [6.45, 7) is 4.37. The van der Waals surface area contributed by atoms with Crippen LogP contribution in [-0.4, -0.2) is 23.1 Å². The van der Waals surface area contributed by atoms with E-state index < -0.39 is 0 Å². The van der Waals surface area contributed by atoms with Gasteiger partial charge in [0.05, 0.1) is 4.47 Å². The number of piperidine rings is 1. The number of nitrogens with zero attached hydrogens (tertiary/aromatic N) is 3. The summed E-state index contributed by atoms with van der Waals surface area (Å²) >= 11 is 3.46. The van der Waals surface area contributed by atoms with E-state index in [1.54, 1.807) is 6.20 Å². The summed E-state index contributed by atoms with van der Waals surface area (Å²) in [7, 11) is 0. The molecule has 82 valence electrons. The van der Waals surface area contributed by atoms with Crippen LogP contribution >= 0.6 is 15.9 Å². The minimum absolute atomic E-state index is 0.339. The third kappa shape index (κ3) is 2.40. The lowest BCUT2D eigenvalue weighted by atomic mass is 10.0. The quantitative estimate of drug-likeness (QED) is 0.849. The van der Waals surface area contributed by atoms with Crippen molar-refractivity contribution >= 4 is 27.7 Å². The lowest BCUT2D eigenvalue weighted by Gasteiger charge is -2.32. The van der Waals surface area contributed by atoms with E-state index in [9.17, 15) is 0 Å². The molecule has 1 aliphatic rings. The number of hydrogen-bond donors (Lipinski definition) is 1. The molecule has 1 unspecified atom stereocenters. The largest absolute Gasteiger partial charge is 0.368 e. The molecule has 0 aromatic carbocycles. The molecule has 2 rings (SSSR count). The van der Waals surface area contributed by atoms with Crippen molar-refractivity contribution in [3.05, 3.63) is 10.7 Å². The summed E-state index contributed by atoms with van der Waals surface area (Å²) in [6, 6.07) is 0. The Balaban J connectivity index is 2.24. The van der Waals surface area contributed by atoms with Crippen LogP contribution in [0.1, 0.15) is 19.8 Å². The maximum atomic E-state index is 5.60. The lowest BCUT2D eigenvalue weighted by Crippen LogP contribution is -2.35. The van der Waals surface area contributed by atoms with Crippen LogP contribution in [0.4, 0.5) is 11.8 Å². The van der Waals surface area contributed by atoms with Crippen molar-refractivity contribution in [1.29, 1.82) is 0 Å². The Bertz CT molecular complexity index is 355. The minimum atomic E-state index is 0.339. The van der Waals surface area contributed by atoms with Gasteiger partial charge >= 0.3 is 0 Å². The molecule has 0 bridgehead atoms. The highest BCUT2D eigenvalue weighted by molar-refractivity contribution is 9.10. The van der Waals surface area contributed by atoms with Gasteiger partial charge in [-0.2, -0.15) is 4.98 Å². The fraction of sp³-hybridized carbons (Fsp3) is 0.600. The molecule has 1 saturated heterocycles. The van der Waals surface area contributed by atoms with Crippen molar-refractivity contribution in [1.82, 2.24) is 9.97 Å². The Morgan fingerprint density at radius 1 is 1.60 bits per heavy atom. The topological polar surface area (TPSA) is 55.0 Å². The lowest BCUT2D eigenvalue weighted by molar-refractivity contribution is 0.444. The van der Waals surface area contributed by atoms with Crippen molar-refractivity contribution < 1.29 is 0 Å². The van der Waals surface area contributed by atoms with Gasteiger partial charge in [0.15, 0.2) is 0 Å². The van der Waals surface area contributed by atoms with Crippen LogP contribution in [0.25, 0.3) is 0 Å². The molecule has 15 heavy (non-hydrogen) atoms. The zero-order chi connectivity index (χ0) is 10.8. The molecule has 5 heteroatoms. The number of halogens is 1. The van der Waals surface area contributed by atoms with Crippen molar-refractivity contribution in [2.75, 3.05) is 23.7 Å². The summed E-state index contributed by atoms with van der Waals surface area (Å²) in [6.07, 6.45) is 4.24. The van der Waals surface area contributed by atoms with Crippen molar-refractivity contribution in [3.63, 3.8) is 0 Å². The first-order valence-electron chi connectivity index (χ1n) is 5.20. The molecule has 2 heterocycles. The molecule has 2 N–H and O–H groups in total. The van der Waals surface area contributed by atoms with Gasteiger partial charge in [0.1, 0.15) is 5.82 Å². The average Bonchev–Trinajstić information content (AvgIpc) is 2.22. The predicted molar refractivity (Wildman–Crippen MR) is 64.8 cm³/mol. The first kappa shape index (κ1) is 10.7. The van der Waals surface area contributed by atoms with E-state index in [0.717, 1.165) is 29.3 Å². The van der Waals surface area contributed by atoms with Gasteiger partial charge < -0.3 is 10.6 Å². The van der Waals surface area contributed by atoms with Crippen molar-refractivity contribution in [2.45, 2.75) is 19.8 Å². The molecule has 4 nitrogen and oxygen atoms in total. The third-order valence-electron chi connectivity index (χ3n) is 2.70. The number of nitrogen functional groups attached to an aromatic ring is 1. The molecule has 1 aliphatic heterocycles. The Kier molecular flexibility index (Phi) is 3.09. The number of aromatic nitrogens is 2. The van der Waals surface area contributed by atoms with Crippen molar-refractivity contribution in [2.24, 2.45) is 5.92 Å².